The van der Waals surface area contributed by atoms with Crippen LogP contribution in [-0.4, -0.2) is 35.3 Å². The van der Waals surface area contributed by atoms with Gasteiger partial charge >= 0.3 is 0 Å². The fourth-order valence-corrected chi connectivity index (χ4v) is 2.85. The molecule has 0 amide bonds. The van der Waals surface area contributed by atoms with Crippen molar-refractivity contribution in [2.45, 2.75) is 26.3 Å². The molecule has 100 valence electrons. The maximum absolute atomic E-state index is 5.41. The summed E-state index contributed by atoms with van der Waals surface area (Å²) in [5, 5.41) is 0. The smallest absolute Gasteiger partial charge is 0.0469 e. The minimum absolute atomic E-state index is 0.782. The summed E-state index contributed by atoms with van der Waals surface area (Å²) >= 11 is 1.83. The number of rotatable bonds is 5. The van der Waals surface area contributed by atoms with Crippen molar-refractivity contribution in [3.05, 3.63) is 29.6 Å². The molecule has 2 heterocycles. The molecule has 1 fully saturated rings. The van der Waals surface area contributed by atoms with Gasteiger partial charge in [0.1, 0.15) is 0 Å². The van der Waals surface area contributed by atoms with Crippen molar-refractivity contribution >= 4 is 11.9 Å². The number of ether oxygens (including phenoxy) is 1. The second-order valence-electron chi connectivity index (χ2n) is 4.87. The van der Waals surface area contributed by atoms with E-state index in [0.717, 1.165) is 37.9 Å². The Bertz CT molecular complexity index is 349. The lowest BCUT2D eigenvalue weighted by Crippen LogP contribution is -2.27. The maximum Gasteiger partial charge on any atom is 0.0469 e. The fraction of sp³-hybridized carbons (Fsp3) is 0.643. The second-order valence-corrected chi connectivity index (χ2v) is 5.75. The molecule has 3 nitrogen and oxygen atoms in total. The molecule has 1 saturated heterocycles. The highest BCUT2D eigenvalue weighted by Gasteiger charge is 2.17. The minimum atomic E-state index is 0.782. The lowest BCUT2D eigenvalue weighted by atomic mass is 10.0. The van der Waals surface area contributed by atoms with E-state index < -0.39 is 0 Å². The maximum atomic E-state index is 5.41. The molecule has 2 rings (SSSR count). The highest BCUT2D eigenvalue weighted by atomic mass is 32.2. The van der Waals surface area contributed by atoms with Gasteiger partial charge in [0.25, 0.3) is 0 Å². The fourth-order valence-electron chi connectivity index (χ4n) is 2.22. The normalized spacial score (nSPS) is 17.3. The molecular formula is C14H22N2OS. The Morgan fingerprint density at radius 1 is 1.39 bits per heavy atom. The zero-order valence-electron chi connectivity index (χ0n) is 11.3. The molecule has 1 aliphatic rings. The van der Waals surface area contributed by atoms with Crippen molar-refractivity contribution in [2.24, 2.45) is 5.92 Å². The number of nitrogens with zero attached hydrogens (tertiary/aromatic N) is 2. The van der Waals surface area contributed by atoms with Gasteiger partial charge in [-0.3, -0.25) is 4.98 Å². The van der Waals surface area contributed by atoms with Gasteiger partial charge in [0.15, 0.2) is 0 Å². The van der Waals surface area contributed by atoms with Gasteiger partial charge in [-0.25, -0.2) is 4.31 Å². The summed E-state index contributed by atoms with van der Waals surface area (Å²) in [6.07, 6.45) is 6.54. The topological polar surface area (TPSA) is 25.4 Å². The van der Waals surface area contributed by atoms with Crippen LogP contribution in [0, 0.1) is 12.8 Å². The van der Waals surface area contributed by atoms with Crippen molar-refractivity contribution in [1.29, 1.82) is 0 Å². The third kappa shape index (κ3) is 4.26. The molecule has 0 spiro atoms. The molecule has 1 aromatic heterocycles. The molecule has 18 heavy (non-hydrogen) atoms. The van der Waals surface area contributed by atoms with Crippen LogP contribution in [0.4, 0.5) is 0 Å². The number of aromatic nitrogens is 1. The van der Waals surface area contributed by atoms with Crippen LogP contribution < -0.4 is 0 Å². The van der Waals surface area contributed by atoms with Crippen LogP contribution in [-0.2, 0) is 11.3 Å². The van der Waals surface area contributed by atoms with Crippen LogP contribution in [0.5, 0.6) is 0 Å². The van der Waals surface area contributed by atoms with Gasteiger partial charge in [0, 0.05) is 38.2 Å². The molecule has 0 bridgehead atoms. The first-order valence-corrected chi connectivity index (χ1v) is 7.74. The summed E-state index contributed by atoms with van der Waals surface area (Å²) in [4.78, 5) is 4.36. The highest BCUT2D eigenvalue weighted by molar-refractivity contribution is 7.96. The van der Waals surface area contributed by atoms with Crippen molar-refractivity contribution in [1.82, 2.24) is 9.29 Å². The van der Waals surface area contributed by atoms with Crippen LogP contribution in [0.3, 0.4) is 0 Å². The van der Waals surface area contributed by atoms with Gasteiger partial charge in [0.2, 0.25) is 0 Å². The van der Waals surface area contributed by atoms with Crippen molar-refractivity contribution < 1.29 is 4.74 Å². The van der Waals surface area contributed by atoms with Crippen LogP contribution in [0.2, 0.25) is 0 Å². The van der Waals surface area contributed by atoms with Crippen molar-refractivity contribution in [3.8, 4) is 0 Å². The zero-order valence-corrected chi connectivity index (χ0v) is 12.1. The summed E-state index contributed by atoms with van der Waals surface area (Å²) in [6.45, 7) is 6.01. The van der Waals surface area contributed by atoms with Crippen molar-refractivity contribution in [3.63, 3.8) is 0 Å². The third-order valence-electron chi connectivity index (χ3n) is 3.39. The first-order chi connectivity index (χ1) is 8.78. The van der Waals surface area contributed by atoms with Gasteiger partial charge in [-0.2, -0.15) is 0 Å². The minimum Gasteiger partial charge on any atom is -0.381 e. The van der Waals surface area contributed by atoms with E-state index in [1.807, 2.05) is 25.1 Å². The van der Waals surface area contributed by atoms with E-state index in [9.17, 15) is 0 Å². The summed E-state index contributed by atoms with van der Waals surface area (Å²) < 4.78 is 7.84. The standard InChI is InChI=1S/C14H22N2OS/c1-12-3-4-14(9-15-12)11-16(18-2)10-13-5-7-17-8-6-13/h3-4,9,13H,5-8,10-11H2,1-2H3. The summed E-state index contributed by atoms with van der Waals surface area (Å²) in [6, 6.07) is 4.26. The Morgan fingerprint density at radius 3 is 2.78 bits per heavy atom. The van der Waals surface area contributed by atoms with E-state index in [0.29, 0.717) is 0 Å². The van der Waals surface area contributed by atoms with E-state index in [4.69, 9.17) is 4.74 Å². The zero-order chi connectivity index (χ0) is 12.8. The molecule has 4 heteroatoms. The van der Waals surface area contributed by atoms with Gasteiger partial charge in [-0.05, 0) is 43.6 Å². The molecule has 0 radical (unpaired) electrons. The monoisotopic (exact) mass is 266 g/mol. The first-order valence-electron chi connectivity index (χ1n) is 6.56. The molecule has 0 aromatic carbocycles. The molecule has 0 N–H and O–H groups in total. The quantitative estimate of drug-likeness (QED) is 0.765. The lowest BCUT2D eigenvalue weighted by molar-refractivity contribution is 0.0610. The number of hydrogen-bond donors (Lipinski definition) is 0. The number of pyridine rings is 1. The Balaban J connectivity index is 1.86. The summed E-state index contributed by atoms with van der Waals surface area (Å²) in [5.74, 6) is 0.782. The molecule has 0 aliphatic carbocycles. The lowest BCUT2D eigenvalue weighted by Gasteiger charge is -2.28. The van der Waals surface area contributed by atoms with Crippen LogP contribution in [0.15, 0.2) is 18.3 Å². The Labute approximate surface area is 114 Å². The van der Waals surface area contributed by atoms with E-state index in [-0.39, 0.29) is 0 Å². The Hall–Kier alpha value is -0.580. The molecule has 0 atom stereocenters. The van der Waals surface area contributed by atoms with Crippen LogP contribution in [0.1, 0.15) is 24.1 Å². The van der Waals surface area contributed by atoms with E-state index >= 15 is 0 Å². The van der Waals surface area contributed by atoms with Gasteiger partial charge < -0.3 is 4.74 Å². The molecule has 0 unspecified atom stereocenters. The van der Waals surface area contributed by atoms with Crippen LogP contribution in [0.25, 0.3) is 0 Å². The predicted octanol–water partition coefficient (Wildman–Crippen LogP) is 2.90. The van der Waals surface area contributed by atoms with Crippen molar-refractivity contribution in [2.75, 3.05) is 26.0 Å². The largest absolute Gasteiger partial charge is 0.381 e. The Kier molecular flexibility index (Phi) is 5.47. The molecular weight excluding hydrogens is 244 g/mol. The molecule has 1 aromatic rings. The molecule has 1 aliphatic heterocycles. The summed E-state index contributed by atoms with van der Waals surface area (Å²) in [5.41, 5.74) is 2.38. The van der Waals surface area contributed by atoms with Gasteiger partial charge in [-0.1, -0.05) is 18.0 Å². The predicted molar refractivity (Wildman–Crippen MR) is 76.4 cm³/mol. The Morgan fingerprint density at radius 2 is 2.17 bits per heavy atom. The van der Waals surface area contributed by atoms with E-state index in [1.165, 1.54) is 18.4 Å². The summed E-state index contributed by atoms with van der Waals surface area (Å²) in [7, 11) is 0. The van der Waals surface area contributed by atoms with Crippen LogP contribution >= 0.6 is 11.9 Å². The van der Waals surface area contributed by atoms with E-state index in [2.05, 4.69) is 27.7 Å². The average Bonchev–Trinajstić information content (AvgIpc) is 2.41. The van der Waals surface area contributed by atoms with Gasteiger partial charge in [-0.15, -0.1) is 0 Å². The number of hydrogen-bond acceptors (Lipinski definition) is 4. The second kappa shape index (κ2) is 7.12. The van der Waals surface area contributed by atoms with Gasteiger partial charge in [0.05, 0.1) is 0 Å². The third-order valence-corrected chi connectivity index (χ3v) is 4.19. The molecule has 0 saturated carbocycles. The SMILES string of the molecule is CSN(Cc1ccc(C)nc1)CC1CCOCC1. The average molecular weight is 266 g/mol. The first kappa shape index (κ1) is 13.8. The number of aryl methyl sites for hydroxylation is 1. The van der Waals surface area contributed by atoms with E-state index in [1.54, 1.807) is 0 Å². The highest BCUT2D eigenvalue weighted by Crippen LogP contribution is 2.21.